The summed E-state index contributed by atoms with van der Waals surface area (Å²) in [7, 11) is 0. The van der Waals surface area contributed by atoms with Crippen LogP contribution in [0.5, 0.6) is 0 Å². The molecular weight excluding hydrogens is 184 g/mol. The van der Waals surface area contributed by atoms with Crippen molar-refractivity contribution in [3.05, 3.63) is 12.2 Å². The first-order valence-corrected chi connectivity index (χ1v) is 6.44. The number of hydrogen-bond acceptors (Lipinski definition) is 2. The normalized spacial score (nSPS) is 16.7. The molecule has 0 aromatic heterocycles. The molecule has 0 saturated heterocycles. The molecule has 0 spiro atoms. The Balaban J connectivity index is 1.88. The number of allylic oxidation sites excluding steroid dienone is 2. The third-order valence-electron chi connectivity index (χ3n) is 3.26. The topological polar surface area (TPSA) is 15.3 Å². The lowest BCUT2D eigenvalue weighted by Gasteiger charge is -2.18. The van der Waals surface area contributed by atoms with Gasteiger partial charge in [-0.2, -0.15) is 0 Å². The summed E-state index contributed by atoms with van der Waals surface area (Å²) in [5, 5.41) is 3.56. The second-order valence-corrected chi connectivity index (χ2v) is 4.39. The van der Waals surface area contributed by atoms with Crippen LogP contribution in [-0.4, -0.2) is 37.6 Å². The van der Waals surface area contributed by atoms with Gasteiger partial charge in [0.15, 0.2) is 0 Å². The molecule has 0 unspecified atom stereocenters. The van der Waals surface area contributed by atoms with Crippen molar-refractivity contribution >= 4 is 0 Å². The standard InChI is InChI=1S/C13H26N2/c1-3-15(4-2)11-7-10-14-12-13-8-5-6-9-13/h5-6,13-14H,3-4,7-12H2,1-2H3. The monoisotopic (exact) mass is 210 g/mol. The van der Waals surface area contributed by atoms with E-state index in [4.69, 9.17) is 0 Å². The Morgan fingerprint density at radius 1 is 1.20 bits per heavy atom. The van der Waals surface area contributed by atoms with Crippen LogP contribution in [-0.2, 0) is 0 Å². The van der Waals surface area contributed by atoms with Crippen molar-refractivity contribution in [2.24, 2.45) is 5.92 Å². The van der Waals surface area contributed by atoms with Crippen molar-refractivity contribution < 1.29 is 0 Å². The predicted octanol–water partition coefficient (Wildman–Crippen LogP) is 2.27. The fraction of sp³-hybridized carbons (Fsp3) is 0.846. The summed E-state index contributed by atoms with van der Waals surface area (Å²) in [5.41, 5.74) is 0. The van der Waals surface area contributed by atoms with Crippen molar-refractivity contribution in [3.63, 3.8) is 0 Å². The SMILES string of the molecule is CCN(CC)CCCNCC1CC=CC1. The van der Waals surface area contributed by atoms with Crippen LogP contribution >= 0.6 is 0 Å². The highest BCUT2D eigenvalue weighted by Gasteiger charge is 2.08. The Morgan fingerprint density at radius 3 is 2.47 bits per heavy atom. The highest BCUT2D eigenvalue weighted by atomic mass is 15.1. The van der Waals surface area contributed by atoms with Crippen LogP contribution in [0.4, 0.5) is 0 Å². The van der Waals surface area contributed by atoms with Crippen LogP contribution < -0.4 is 5.32 Å². The van der Waals surface area contributed by atoms with Crippen molar-refractivity contribution in [2.45, 2.75) is 33.1 Å². The van der Waals surface area contributed by atoms with E-state index in [9.17, 15) is 0 Å². The van der Waals surface area contributed by atoms with Gasteiger partial charge in [0.2, 0.25) is 0 Å². The van der Waals surface area contributed by atoms with Crippen LogP contribution in [0.15, 0.2) is 12.2 Å². The Labute approximate surface area is 94.7 Å². The van der Waals surface area contributed by atoms with Crippen molar-refractivity contribution in [2.75, 3.05) is 32.7 Å². The molecule has 0 radical (unpaired) electrons. The Bertz CT molecular complexity index is 161. The van der Waals surface area contributed by atoms with Crippen molar-refractivity contribution in [3.8, 4) is 0 Å². The zero-order valence-corrected chi connectivity index (χ0v) is 10.3. The molecule has 0 aliphatic heterocycles. The summed E-state index contributed by atoms with van der Waals surface area (Å²) in [6, 6.07) is 0. The van der Waals surface area contributed by atoms with Gasteiger partial charge in [-0.25, -0.2) is 0 Å². The van der Waals surface area contributed by atoms with E-state index in [1.54, 1.807) is 0 Å². The lowest BCUT2D eigenvalue weighted by molar-refractivity contribution is 0.297. The molecule has 2 heteroatoms. The van der Waals surface area contributed by atoms with Gasteiger partial charge in [-0.3, -0.25) is 0 Å². The van der Waals surface area contributed by atoms with E-state index in [-0.39, 0.29) is 0 Å². The molecule has 0 atom stereocenters. The maximum absolute atomic E-state index is 3.56. The van der Waals surface area contributed by atoms with Gasteiger partial charge in [0.1, 0.15) is 0 Å². The Kier molecular flexibility index (Phi) is 6.69. The number of nitrogens with one attached hydrogen (secondary N) is 1. The summed E-state index contributed by atoms with van der Waals surface area (Å²) in [6.07, 6.45) is 8.46. The summed E-state index contributed by atoms with van der Waals surface area (Å²) >= 11 is 0. The Morgan fingerprint density at radius 2 is 1.87 bits per heavy atom. The largest absolute Gasteiger partial charge is 0.316 e. The quantitative estimate of drug-likeness (QED) is 0.488. The molecule has 0 saturated carbocycles. The van der Waals surface area contributed by atoms with Gasteiger partial charge in [0, 0.05) is 0 Å². The van der Waals surface area contributed by atoms with E-state index in [1.807, 2.05) is 0 Å². The van der Waals surface area contributed by atoms with E-state index in [0.717, 1.165) is 5.92 Å². The van der Waals surface area contributed by atoms with E-state index in [1.165, 1.54) is 52.0 Å². The fourth-order valence-corrected chi connectivity index (χ4v) is 2.11. The average Bonchev–Trinajstić information content (AvgIpc) is 2.76. The molecule has 0 heterocycles. The smallest absolute Gasteiger partial charge is 0.000687 e. The zero-order chi connectivity index (χ0) is 10.9. The molecule has 2 nitrogen and oxygen atoms in total. The third kappa shape index (κ3) is 5.33. The van der Waals surface area contributed by atoms with E-state index >= 15 is 0 Å². The molecule has 0 aromatic rings. The van der Waals surface area contributed by atoms with Crippen LogP contribution in [0.3, 0.4) is 0 Å². The average molecular weight is 210 g/mol. The summed E-state index contributed by atoms with van der Waals surface area (Å²) in [6.45, 7) is 10.5. The maximum atomic E-state index is 3.56. The number of nitrogens with zero attached hydrogens (tertiary/aromatic N) is 1. The lowest BCUT2D eigenvalue weighted by Crippen LogP contribution is -2.28. The minimum Gasteiger partial charge on any atom is -0.316 e. The molecule has 1 rings (SSSR count). The molecule has 0 fully saturated rings. The number of rotatable bonds is 8. The third-order valence-corrected chi connectivity index (χ3v) is 3.26. The van der Waals surface area contributed by atoms with Gasteiger partial charge in [-0.1, -0.05) is 26.0 Å². The van der Waals surface area contributed by atoms with Crippen molar-refractivity contribution in [1.82, 2.24) is 10.2 Å². The van der Waals surface area contributed by atoms with Crippen LogP contribution in [0, 0.1) is 5.92 Å². The molecule has 0 bridgehead atoms. The van der Waals surface area contributed by atoms with E-state index < -0.39 is 0 Å². The van der Waals surface area contributed by atoms with Gasteiger partial charge in [-0.05, 0) is 57.9 Å². The number of hydrogen-bond donors (Lipinski definition) is 1. The second kappa shape index (κ2) is 7.89. The minimum atomic E-state index is 0.874. The fourth-order valence-electron chi connectivity index (χ4n) is 2.11. The van der Waals surface area contributed by atoms with Gasteiger partial charge < -0.3 is 10.2 Å². The van der Waals surface area contributed by atoms with Gasteiger partial charge in [0.05, 0.1) is 0 Å². The second-order valence-electron chi connectivity index (χ2n) is 4.39. The molecule has 15 heavy (non-hydrogen) atoms. The van der Waals surface area contributed by atoms with Gasteiger partial charge in [-0.15, -0.1) is 0 Å². The molecule has 0 aromatic carbocycles. The van der Waals surface area contributed by atoms with Gasteiger partial charge in [0.25, 0.3) is 0 Å². The first-order valence-electron chi connectivity index (χ1n) is 6.44. The highest BCUT2D eigenvalue weighted by Crippen LogP contribution is 2.15. The van der Waals surface area contributed by atoms with Crippen LogP contribution in [0.1, 0.15) is 33.1 Å². The molecule has 1 aliphatic carbocycles. The first kappa shape index (κ1) is 12.7. The van der Waals surface area contributed by atoms with E-state index in [0.29, 0.717) is 0 Å². The molecular formula is C13H26N2. The summed E-state index contributed by atoms with van der Waals surface area (Å²) < 4.78 is 0. The highest BCUT2D eigenvalue weighted by molar-refractivity contribution is 4.94. The predicted molar refractivity (Wildman–Crippen MR) is 67.1 cm³/mol. The minimum absolute atomic E-state index is 0.874. The summed E-state index contributed by atoms with van der Waals surface area (Å²) in [5.74, 6) is 0.874. The first-order chi connectivity index (χ1) is 7.36. The summed E-state index contributed by atoms with van der Waals surface area (Å²) in [4.78, 5) is 2.48. The molecule has 0 amide bonds. The van der Waals surface area contributed by atoms with E-state index in [2.05, 4.69) is 36.2 Å². The molecule has 88 valence electrons. The lowest BCUT2D eigenvalue weighted by atomic mass is 10.1. The van der Waals surface area contributed by atoms with Crippen molar-refractivity contribution in [1.29, 1.82) is 0 Å². The van der Waals surface area contributed by atoms with Crippen LogP contribution in [0.25, 0.3) is 0 Å². The maximum Gasteiger partial charge on any atom is -0.000687 e. The van der Waals surface area contributed by atoms with Gasteiger partial charge >= 0.3 is 0 Å². The molecule has 1 N–H and O–H groups in total. The zero-order valence-electron chi connectivity index (χ0n) is 10.3. The molecule has 1 aliphatic rings. The van der Waals surface area contributed by atoms with Crippen LogP contribution in [0.2, 0.25) is 0 Å². The Hall–Kier alpha value is -0.340.